The molecule has 1 aliphatic rings. The van der Waals surface area contributed by atoms with Crippen LogP contribution >= 0.6 is 0 Å². The first-order valence-corrected chi connectivity index (χ1v) is 10.2. The Kier molecular flexibility index (Phi) is 4.42. The summed E-state index contributed by atoms with van der Waals surface area (Å²) >= 11 is 0. The summed E-state index contributed by atoms with van der Waals surface area (Å²) in [5.41, 5.74) is 1.64. The van der Waals surface area contributed by atoms with Gasteiger partial charge < -0.3 is 14.2 Å². The van der Waals surface area contributed by atoms with E-state index < -0.39 is 15.1 Å². The third-order valence-corrected chi connectivity index (χ3v) is 6.87. The van der Waals surface area contributed by atoms with Crippen LogP contribution in [0.1, 0.15) is 10.5 Å². The summed E-state index contributed by atoms with van der Waals surface area (Å²) < 4.78 is 32.0. The molecule has 146 valence electrons. The second kappa shape index (κ2) is 6.79. The minimum atomic E-state index is -3.57. The Morgan fingerprint density at radius 3 is 2.71 bits per heavy atom. The van der Waals surface area contributed by atoms with Crippen molar-refractivity contribution in [1.29, 1.82) is 0 Å². The van der Waals surface area contributed by atoms with Crippen molar-refractivity contribution in [3.63, 3.8) is 0 Å². The lowest BCUT2D eigenvalue weighted by atomic mass is 10.1. The van der Waals surface area contributed by atoms with Crippen molar-refractivity contribution < 1.29 is 17.9 Å². The van der Waals surface area contributed by atoms with Crippen LogP contribution in [-0.4, -0.2) is 64.4 Å². The van der Waals surface area contributed by atoms with Crippen molar-refractivity contribution in [2.45, 2.75) is 10.4 Å². The monoisotopic (exact) mass is 401 g/mol. The number of aromatic amines is 1. The van der Waals surface area contributed by atoms with Gasteiger partial charge in [0.25, 0.3) is 5.91 Å². The number of H-pyrrole nitrogens is 1. The van der Waals surface area contributed by atoms with Crippen molar-refractivity contribution in [2.24, 2.45) is 7.05 Å². The second-order valence-electron chi connectivity index (χ2n) is 6.57. The Bertz CT molecular complexity index is 1130. The zero-order valence-electron chi connectivity index (χ0n) is 15.4. The predicted octanol–water partition coefficient (Wildman–Crippen LogP) is 1.12. The van der Waals surface area contributed by atoms with Crippen molar-refractivity contribution in [2.75, 3.05) is 20.2 Å². The average molecular weight is 401 g/mol. The number of benzene rings is 1. The summed E-state index contributed by atoms with van der Waals surface area (Å²) in [5.74, 6) is 0.359. The lowest BCUT2D eigenvalue weighted by molar-refractivity contribution is 0.0652. The number of amides is 1. The fraction of sp³-hybridized carbons (Fsp3) is 0.278. The molecule has 28 heavy (non-hydrogen) atoms. The van der Waals surface area contributed by atoms with Crippen LogP contribution in [0.4, 0.5) is 0 Å². The van der Waals surface area contributed by atoms with Gasteiger partial charge in [-0.1, -0.05) is 12.1 Å². The van der Waals surface area contributed by atoms with Crippen LogP contribution in [-0.2, 0) is 16.9 Å². The summed E-state index contributed by atoms with van der Waals surface area (Å²) in [6, 6.07) is 9.01. The minimum Gasteiger partial charge on any atom is -0.496 e. The van der Waals surface area contributed by atoms with E-state index in [1.54, 1.807) is 26.4 Å². The van der Waals surface area contributed by atoms with Gasteiger partial charge in [0.05, 0.1) is 12.8 Å². The fourth-order valence-electron chi connectivity index (χ4n) is 3.17. The van der Waals surface area contributed by atoms with Gasteiger partial charge in [0.2, 0.25) is 15.0 Å². The van der Waals surface area contributed by atoms with Crippen molar-refractivity contribution in [3.8, 4) is 17.0 Å². The largest absolute Gasteiger partial charge is 0.496 e. The Morgan fingerprint density at radius 2 is 2.04 bits per heavy atom. The maximum Gasteiger partial charge on any atom is 0.271 e. The van der Waals surface area contributed by atoms with Gasteiger partial charge in [0, 0.05) is 38.1 Å². The molecule has 0 bridgehead atoms. The van der Waals surface area contributed by atoms with Crippen molar-refractivity contribution in [3.05, 3.63) is 48.4 Å². The fourth-order valence-corrected chi connectivity index (χ4v) is 4.89. The van der Waals surface area contributed by atoms with E-state index in [0.717, 1.165) is 5.56 Å². The third kappa shape index (κ3) is 2.95. The molecule has 2 aromatic heterocycles. The summed E-state index contributed by atoms with van der Waals surface area (Å²) in [6.45, 7) is 0.244. The summed E-state index contributed by atoms with van der Waals surface area (Å²) in [5, 5.41) is 6.28. The molecule has 0 aliphatic carbocycles. The van der Waals surface area contributed by atoms with Crippen LogP contribution in [0.25, 0.3) is 11.3 Å². The molecule has 1 saturated heterocycles. The number of aromatic nitrogens is 4. The standard InChI is InChI=1S/C18H19N5O4S/c1-22-8-7-19-18(22)28(25,26)12-10-23(11-12)17(24)15-9-14(20-21-15)13-5-3-4-6-16(13)27-2/h3-9,12H,10-11H2,1-2H3,(H,20,21). The zero-order chi connectivity index (χ0) is 19.9. The molecule has 0 spiro atoms. The molecule has 0 radical (unpaired) electrons. The highest BCUT2D eigenvalue weighted by Crippen LogP contribution is 2.29. The van der Waals surface area contributed by atoms with Gasteiger partial charge in [-0.2, -0.15) is 5.10 Å². The Balaban J connectivity index is 1.48. The van der Waals surface area contributed by atoms with Gasteiger partial charge in [0.15, 0.2) is 0 Å². The summed E-state index contributed by atoms with van der Waals surface area (Å²) in [4.78, 5) is 18.1. The highest BCUT2D eigenvalue weighted by Gasteiger charge is 2.42. The third-order valence-electron chi connectivity index (χ3n) is 4.80. The number of rotatable bonds is 5. The lowest BCUT2D eigenvalue weighted by Crippen LogP contribution is -2.57. The Morgan fingerprint density at radius 1 is 1.29 bits per heavy atom. The molecule has 1 aliphatic heterocycles. The van der Waals surface area contributed by atoms with E-state index >= 15 is 0 Å². The molecular weight excluding hydrogens is 382 g/mol. The molecule has 10 heteroatoms. The number of para-hydroxylation sites is 1. The Hall–Kier alpha value is -3.14. The van der Waals surface area contributed by atoms with E-state index in [1.165, 1.54) is 15.7 Å². The summed E-state index contributed by atoms with van der Waals surface area (Å²) in [6.07, 6.45) is 3.02. The number of methoxy groups -OCH3 is 1. The number of aryl methyl sites for hydroxylation is 1. The Labute approximate surface area is 161 Å². The summed E-state index contributed by atoms with van der Waals surface area (Å²) in [7, 11) is -0.370. The van der Waals surface area contributed by atoms with Gasteiger partial charge in [-0.3, -0.25) is 9.89 Å². The molecular formula is C18H19N5O4S. The topological polar surface area (TPSA) is 110 Å². The van der Waals surface area contributed by atoms with E-state index in [1.807, 2.05) is 24.3 Å². The van der Waals surface area contributed by atoms with Gasteiger partial charge in [-0.05, 0) is 18.2 Å². The SMILES string of the molecule is COc1ccccc1-c1cc(C(=O)N2CC(S(=O)(=O)c3nccn3C)C2)[nH]n1. The van der Waals surface area contributed by atoms with E-state index in [2.05, 4.69) is 15.2 Å². The molecule has 0 unspecified atom stereocenters. The van der Waals surface area contributed by atoms with Gasteiger partial charge in [0.1, 0.15) is 16.7 Å². The number of nitrogens with one attached hydrogen (secondary N) is 1. The average Bonchev–Trinajstić information content (AvgIpc) is 3.29. The predicted molar refractivity (Wildman–Crippen MR) is 101 cm³/mol. The molecule has 3 heterocycles. The first-order chi connectivity index (χ1) is 13.4. The van der Waals surface area contributed by atoms with Crippen LogP contribution in [0, 0.1) is 0 Å². The lowest BCUT2D eigenvalue weighted by Gasteiger charge is -2.37. The molecule has 1 N–H and O–H groups in total. The van der Waals surface area contributed by atoms with Gasteiger partial charge in [-0.15, -0.1) is 0 Å². The number of hydrogen-bond acceptors (Lipinski definition) is 6. The number of ether oxygens (including phenoxy) is 1. The van der Waals surface area contributed by atoms with Crippen molar-refractivity contribution in [1.82, 2.24) is 24.6 Å². The number of imidazole rings is 1. The maximum absolute atomic E-state index is 12.7. The highest BCUT2D eigenvalue weighted by atomic mass is 32.2. The minimum absolute atomic E-state index is 0.0181. The number of carbonyl (C=O) groups is 1. The number of nitrogens with zero attached hydrogens (tertiary/aromatic N) is 4. The molecule has 0 saturated carbocycles. The molecule has 3 aromatic rings. The van der Waals surface area contributed by atoms with Crippen LogP contribution in [0.5, 0.6) is 5.75 Å². The van der Waals surface area contributed by atoms with Gasteiger partial charge >= 0.3 is 0 Å². The van der Waals surface area contributed by atoms with E-state index in [4.69, 9.17) is 4.74 Å². The number of carbonyl (C=O) groups excluding carboxylic acids is 1. The molecule has 0 atom stereocenters. The first kappa shape index (κ1) is 18.2. The number of hydrogen-bond donors (Lipinski definition) is 1. The number of likely N-dealkylation sites (tertiary alicyclic amines) is 1. The normalized spacial score (nSPS) is 14.7. The van der Waals surface area contributed by atoms with Gasteiger partial charge in [-0.25, -0.2) is 13.4 Å². The number of sulfone groups is 1. The zero-order valence-corrected chi connectivity index (χ0v) is 16.2. The molecule has 4 rings (SSSR count). The molecule has 1 amide bonds. The van der Waals surface area contributed by atoms with Crippen molar-refractivity contribution >= 4 is 15.7 Å². The van der Waals surface area contributed by atoms with E-state index in [0.29, 0.717) is 17.1 Å². The van der Waals surface area contributed by atoms with Crippen LogP contribution in [0.2, 0.25) is 0 Å². The van der Waals surface area contributed by atoms with E-state index in [9.17, 15) is 13.2 Å². The second-order valence-corrected chi connectivity index (χ2v) is 8.69. The molecule has 1 fully saturated rings. The molecule has 9 nitrogen and oxygen atoms in total. The maximum atomic E-state index is 12.7. The highest BCUT2D eigenvalue weighted by molar-refractivity contribution is 7.92. The van der Waals surface area contributed by atoms with Crippen LogP contribution in [0.3, 0.4) is 0 Å². The van der Waals surface area contributed by atoms with Crippen LogP contribution in [0.15, 0.2) is 47.9 Å². The smallest absolute Gasteiger partial charge is 0.271 e. The molecule has 1 aromatic carbocycles. The quantitative estimate of drug-likeness (QED) is 0.686. The first-order valence-electron chi connectivity index (χ1n) is 8.61. The van der Waals surface area contributed by atoms with E-state index in [-0.39, 0.29) is 24.2 Å². The van der Waals surface area contributed by atoms with Crippen LogP contribution < -0.4 is 4.74 Å².